The summed E-state index contributed by atoms with van der Waals surface area (Å²) in [6, 6.07) is 9.12. The summed E-state index contributed by atoms with van der Waals surface area (Å²) in [7, 11) is 0. The summed E-state index contributed by atoms with van der Waals surface area (Å²) in [5, 5.41) is 3.40. The Morgan fingerprint density at radius 3 is 2.27 bits per heavy atom. The van der Waals surface area contributed by atoms with Gasteiger partial charge < -0.3 is 5.32 Å². The Hall–Kier alpha value is -0.980. The second-order valence-corrected chi connectivity index (χ2v) is 3.61. The molecule has 0 aromatic heterocycles. The van der Waals surface area contributed by atoms with Crippen molar-refractivity contribution in [3.8, 4) is 0 Å². The summed E-state index contributed by atoms with van der Waals surface area (Å²) < 4.78 is 0. The molecule has 0 fully saturated rings. The zero-order valence-corrected chi connectivity index (χ0v) is 10.8. The molecule has 1 atom stereocenters. The summed E-state index contributed by atoms with van der Waals surface area (Å²) in [6.07, 6.45) is 2.43. The van der Waals surface area contributed by atoms with E-state index in [2.05, 4.69) is 50.4 Å². The predicted molar refractivity (Wildman–Crippen MR) is 70.5 cm³/mol. The largest absolute Gasteiger partial charge is 0.382 e. The van der Waals surface area contributed by atoms with Gasteiger partial charge >= 0.3 is 0 Å². The van der Waals surface area contributed by atoms with Crippen LogP contribution in [0.1, 0.15) is 46.6 Å². The van der Waals surface area contributed by atoms with Crippen LogP contribution in [-0.4, -0.2) is 6.04 Å². The monoisotopic (exact) mass is 207 g/mol. The molecule has 15 heavy (non-hydrogen) atoms. The second-order valence-electron chi connectivity index (χ2n) is 3.61. The van der Waals surface area contributed by atoms with Gasteiger partial charge in [-0.2, -0.15) is 0 Å². The molecule has 0 amide bonds. The fourth-order valence-corrected chi connectivity index (χ4v) is 1.49. The lowest BCUT2D eigenvalue weighted by Gasteiger charge is -2.00. The van der Waals surface area contributed by atoms with Crippen LogP contribution in [0.4, 0.5) is 5.69 Å². The van der Waals surface area contributed by atoms with Crippen molar-refractivity contribution in [3.63, 3.8) is 0 Å². The highest BCUT2D eigenvalue weighted by molar-refractivity contribution is 5.56. The van der Waals surface area contributed by atoms with E-state index in [0.717, 1.165) is 0 Å². The molecule has 1 N–H and O–H groups in total. The highest BCUT2D eigenvalue weighted by Gasteiger charge is 2.14. The number of hydrogen-bond acceptors (Lipinski definition) is 1. The summed E-state index contributed by atoms with van der Waals surface area (Å²) in [4.78, 5) is 0. The van der Waals surface area contributed by atoms with Crippen molar-refractivity contribution in [2.75, 3.05) is 5.32 Å². The zero-order valence-electron chi connectivity index (χ0n) is 10.8. The zero-order chi connectivity index (χ0) is 11.7. The Balaban J connectivity index is 0.000000342. The van der Waals surface area contributed by atoms with Gasteiger partial charge in [0, 0.05) is 11.7 Å². The van der Waals surface area contributed by atoms with E-state index in [1.54, 1.807) is 0 Å². The minimum atomic E-state index is 0.623. The SMILES string of the molecule is CC.CC1Cc2ccccc2N1.CCC. The number of anilines is 1. The Morgan fingerprint density at radius 1 is 1.20 bits per heavy atom. The Bertz CT molecular complexity index is 230. The van der Waals surface area contributed by atoms with Crippen molar-refractivity contribution in [2.45, 2.75) is 53.5 Å². The quantitative estimate of drug-likeness (QED) is 0.661. The third-order valence-corrected chi connectivity index (χ3v) is 1.95. The van der Waals surface area contributed by atoms with Gasteiger partial charge in [-0.1, -0.05) is 52.3 Å². The smallest absolute Gasteiger partial charge is 0.0375 e. The van der Waals surface area contributed by atoms with E-state index < -0.39 is 0 Å². The first kappa shape index (κ1) is 14.0. The highest BCUT2D eigenvalue weighted by atomic mass is 14.9. The molecule has 1 aliphatic rings. The van der Waals surface area contributed by atoms with Crippen LogP contribution in [0, 0.1) is 0 Å². The molecule has 2 rings (SSSR count). The van der Waals surface area contributed by atoms with Crippen LogP contribution in [0.3, 0.4) is 0 Å². The molecule has 1 aromatic rings. The van der Waals surface area contributed by atoms with Gasteiger partial charge in [0.25, 0.3) is 0 Å². The van der Waals surface area contributed by atoms with Crippen molar-refractivity contribution in [1.82, 2.24) is 0 Å². The average molecular weight is 207 g/mol. The van der Waals surface area contributed by atoms with Gasteiger partial charge in [0.1, 0.15) is 0 Å². The van der Waals surface area contributed by atoms with Crippen LogP contribution in [0.25, 0.3) is 0 Å². The van der Waals surface area contributed by atoms with Gasteiger partial charge in [-0.15, -0.1) is 0 Å². The third-order valence-electron chi connectivity index (χ3n) is 1.95. The maximum atomic E-state index is 3.40. The first-order valence-electron chi connectivity index (χ1n) is 6.12. The Morgan fingerprint density at radius 2 is 1.73 bits per heavy atom. The molecule has 1 heterocycles. The van der Waals surface area contributed by atoms with Crippen LogP contribution in [0.5, 0.6) is 0 Å². The van der Waals surface area contributed by atoms with E-state index in [0.29, 0.717) is 6.04 Å². The molecule has 0 saturated carbocycles. The lowest BCUT2D eigenvalue weighted by molar-refractivity contribution is 0.839. The normalized spacial score (nSPS) is 16.2. The second kappa shape index (κ2) is 8.34. The lowest BCUT2D eigenvalue weighted by Crippen LogP contribution is -2.08. The Labute approximate surface area is 94.9 Å². The summed E-state index contributed by atoms with van der Waals surface area (Å²) in [5.41, 5.74) is 2.77. The minimum absolute atomic E-state index is 0.623. The van der Waals surface area contributed by atoms with E-state index in [-0.39, 0.29) is 0 Å². The van der Waals surface area contributed by atoms with Gasteiger partial charge in [-0.05, 0) is 25.0 Å². The number of nitrogens with one attached hydrogen (secondary N) is 1. The molecule has 1 heteroatoms. The number of para-hydroxylation sites is 1. The van der Waals surface area contributed by atoms with Gasteiger partial charge in [0.15, 0.2) is 0 Å². The van der Waals surface area contributed by atoms with Crippen molar-refractivity contribution < 1.29 is 0 Å². The van der Waals surface area contributed by atoms with Crippen LogP contribution in [0.2, 0.25) is 0 Å². The molecular weight excluding hydrogens is 182 g/mol. The molecule has 1 aromatic carbocycles. The van der Waals surface area contributed by atoms with Gasteiger partial charge in [0.2, 0.25) is 0 Å². The predicted octanol–water partition coefficient (Wildman–Crippen LogP) is 4.49. The fourth-order valence-electron chi connectivity index (χ4n) is 1.49. The Kier molecular flexibility index (Phi) is 7.79. The van der Waals surface area contributed by atoms with Gasteiger partial charge in [-0.3, -0.25) is 0 Å². The molecule has 0 radical (unpaired) electrons. The van der Waals surface area contributed by atoms with Crippen molar-refractivity contribution in [3.05, 3.63) is 29.8 Å². The van der Waals surface area contributed by atoms with E-state index in [1.165, 1.54) is 24.1 Å². The van der Waals surface area contributed by atoms with Crippen molar-refractivity contribution in [2.24, 2.45) is 0 Å². The molecule has 0 aliphatic carbocycles. The van der Waals surface area contributed by atoms with Crippen LogP contribution >= 0.6 is 0 Å². The molecule has 0 spiro atoms. The van der Waals surface area contributed by atoms with E-state index in [9.17, 15) is 0 Å². The van der Waals surface area contributed by atoms with Crippen LogP contribution < -0.4 is 5.32 Å². The minimum Gasteiger partial charge on any atom is -0.382 e. The molecule has 86 valence electrons. The van der Waals surface area contributed by atoms with Crippen molar-refractivity contribution >= 4 is 5.69 Å². The van der Waals surface area contributed by atoms with Crippen LogP contribution in [-0.2, 0) is 6.42 Å². The maximum Gasteiger partial charge on any atom is 0.0375 e. The van der Waals surface area contributed by atoms with Gasteiger partial charge in [-0.25, -0.2) is 0 Å². The van der Waals surface area contributed by atoms with E-state index >= 15 is 0 Å². The first-order valence-corrected chi connectivity index (χ1v) is 6.12. The average Bonchev–Trinajstić information content (AvgIpc) is 2.62. The standard InChI is InChI=1S/C9H11N.C3H8.C2H6/c1-7-6-8-4-2-3-5-9(8)10-7;1-3-2;1-2/h2-5,7,10H,6H2,1H3;3H2,1-2H3;1-2H3. The number of benzene rings is 1. The molecule has 1 unspecified atom stereocenters. The molecule has 0 saturated heterocycles. The van der Waals surface area contributed by atoms with Gasteiger partial charge in [0.05, 0.1) is 0 Å². The van der Waals surface area contributed by atoms with Crippen molar-refractivity contribution in [1.29, 1.82) is 0 Å². The molecule has 1 nitrogen and oxygen atoms in total. The molecule has 0 bridgehead atoms. The fraction of sp³-hybridized carbons (Fsp3) is 0.571. The third kappa shape index (κ3) is 4.87. The summed E-state index contributed by atoms with van der Waals surface area (Å²) in [6.45, 7) is 10.5. The molecule has 1 aliphatic heterocycles. The topological polar surface area (TPSA) is 12.0 Å². The summed E-state index contributed by atoms with van der Waals surface area (Å²) in [5.74, 6) is 0. The highest BCUT2D eigenvalue weighted by Crippen LogP contribution is 2.24. The number of rotatable bonds is 0. The molecular formula is C14H25N. The van der Waals surface area contributed by atoms with E-state index in [1.807, 2.05) is 13.8 Å². The lowest BCUT2D eigenvalue weighted by atomic mass is 10.1. The summed E-state index contributed by atoms with van der Waals surface area (Å²) >= 11 is 0. The maximum absolute atomic E-state index is 3.40. The van der Waals surface area contributed by atoms with E-state index in [4.69, 9.17) is 0 Å². The first-order chi connectivity index (χ1) is 7.27. The number of fused-ring (bicyclic) bond motifs is 1. The number of hydrogen-bond donors (Lipinski definition) is 1. The van der Waals surface area contributed by atoms with Crippen LogP contribution in [0.15, 0.2) is 24.3 Å².